The van der Waals surface area contributed by atoms with E-state index in [9.17, 15) is 14.4 Å². The van der Waals surface area contributed by atoms with E-state index in [1.807, 2.05) is 38.1 Å². The summed E-state index contributed by atoms with van der Waals surface area (Å²) in [6.45, 7) is 4.73. The molecule has 136 valence electrons. The lowest BCUT2D eigenvalue weighted by Crippen LogP contribution is -2.53. The number of anilines is 1. The van der Waals surface area contributed by atoms with Gasteiger partial charge in [-0.2, -0.15) is 0 Å². The van der Waals surface area contributed by atoms with Gasteiger partial charge in [-0.25, -0.2) is 9.59 Å². The van der Waals surface area contributed by atoms with Crippen molar-refractivity contribution < 1.29 is 14.4 Å². The smallest absolute Gasteiger partial charge is 0.318 e. The number of carbonyl (C=O) groups excluding carboxylic acids is 3. The molecule has 2 atom stereocenters. The lowest BCUT2D eigenvalue weighted by molar-refractivity contribution is -0.121. The van der Waals surface area contributed by atoms with E-state index in [0.29, 0.717) is 6.54 Å². The van der Waals surface area contributed by atoms with Gasteiger partial charge in [0.25, 0.3) is 0 Å². The highest BCUT2D eigenvalue weighted by atomic mass is 16.2. The maximum absolute atomic E-state index is 12.7. The summed E-state index contributed by atoms with van der Waals surface area (Å²) < 4.78 is 0. The van der Waals surface area contributed by atoms with Gasteiger partial charge in [-0.05, 0) is 17.5 Å². The summed E-state index contributed by atoms with van der Waals surface area (Å²) in [6.07, 6.45) is 0.765. The maximum Gasteiger partial charge on any atom is 0.318 e. The molecule has 2 rings (SSSR count). The molecule has 0 spiro atoms. The molecule has 5 amide bonds. The Labute approximate surface area is 147 Å². The van der Waals surface area contributed by atoms with Crippen molar-refractivity contribution in [3.63, 3.8) is 0 Å². The Kier molecular flexibility index (Phi) is 6.21. The summed E-state index contributed by atoms with van der Waals surface area (Å²) in [5, 5.41) is 8.07. The van der Waals surface area contributed by atoms with Crippen molar-refractivity contribution in [2.45, 2.75) is 32.9 Å². The molecule has 0 saturated heterocycles. The number of nitrogens with two attached hydrogens (primary N) is 1. The predicted octanol–water partition coefficient (Wildman–Crippen LogP) is 1.23. The molecule has 2 unspecified atom stereocenters. The minimum absolute atomic E-state index is 0.00352. The van der Waals surface area contributed by atoms with Crippen LogP contribution in [0.15, 0.2) is 24.3 Å². The van der Waals surface area contributed by atoms with Crippen LogP contribution in [0, 0.1) is 5.92 Å². The van der Waals surface area contributed by atoms with Gasteiger partial charge in [0.2, 0.25) is 5.91 Å². The average Bonchev–Trinajstić information content (AvgIpc) is 2.73. The molecule has 0 bridgehead atoms. The topological polar surface area (TPSA) is 117 Å². The van der Waals surface area contributed by atoms with E-state index in [0.717, 1.165) is 17.7 Å². The van der Waals surface area contributed by atoms with Crippen LogP contribution in [0.4, 0.5) is 15.3 Å². The van der Waals surface area contributed by atoms with Crippen LogP contribution < -0.4 is 21.7 Å². The molecule has 1 aromatic rings. The van der Waals surface area contributed by atoms with Gasteiger partial charge in [-0.15, -0.1) is 0 Å². The van der Waals surface area contributed by atoms with E-state index < -0.39 is 12.1 Å². The fourth-order valence-electron chi connectivity index (χ4n) is 2.85. The van der Waals surface area contributed by atoms with Crippen LogP contribution in [0.2, 0.25) is 0 Å². The minimum atomic E-state index is -0.644. The van der Waals surface area contributed by atoms with Gasteiger partial charge in [0.15, 0.2) is 0 Å². The number of nitrogens with one attached hydrogen (secondary N) is 3. The largest absolute Gasteiger partial charge is 0.352 e. The summed E-state index contributed by atoms with van der Waals surface area (Å²) in [5.41, 5.74) is 6.61. The summed E-state index contributed by atoms with van der Waals surface area (Å²) in [5.74, 6) is -0.187. The number of para-hydroxylation sites is 1. The maximum atomic E-state index is 12.7. The third-order valence-corrected chi connectivity index (χ3v) is 4.36. The fraction of sp³-hybridized carbons (Fsp3) is 0.471. The van der Waals surface area contributed by atoms with Crippen LogP contribution >= 0.6 is 0 Å². The minimum Gasteiger partial charge on any atom is -0.352 e. The van der Waals surface area contributed by atoms with E-state index in [2.05, 4.69) is 16.0 Å². The molecule has 5 N–H and O–H groups in total. The molecule has 25 heavy (non-hydrogen) atoms. The van der Waals surface area contributed by atoms with Gasteiger partial charge in [0.1, 0.15) is 6.04 Å². The van der Waals surface area contributed by atoms with Crippen molar-refractivity contribution in [1.29, 1.82) is 0 Å². The van der Waals surface area contributed by atoms with Crippen LogP contribution in [-0.2, 0) is 11.3 Å². The first-order chi connectivity index (χ1) is 11.9. The number of fused-ring (bicyclic) bond motifs is 1. The normalized spacial score (nSPS) is 17.8. The summed E-state index contributed by atoms with van der Waals surface area (Å²) in [7, 11) is 0. The monoisotopic (exact) mass is 347 g/mol. The number of hydrogen-bond donors (Lipinski definition) is 4. The van der Waals surface area contributed by atoms with E-state index in [4.69, 9.17) is 5.73 Å². The van der Waals surface area contributed by atoms with E-state index >= 15 is 0 Å². The van der Waals surface area contributed by atoms with Gasteiger partial charge in [0, 0.05) is 18.8 Å². The number of rotatable bonds is 5. The Morgan fingerprint density at radius 1 is 1.32 bits per heavy atom. The Balaban J connectivity index is 2.18. The number of hydrogen-bond acceptors (Lipinski definition) is 3. The van der Waals surface area contributed by atoms with Crippen LogP contribution in [0.5, 0.6) is 0 Å². The van der Waals surface area contributed by atoms with Crippen LogP contribution in [0.25, 0.3) is 0 Å². The van der Waals surface area contributed by atoms with Crippen LogP contribution in [-0.4, -0.2) is 42.0 Å². The van der Waals surface area contributed by atoms with Crippen molar-refractivity contribution in [3.05, 3.63) is 29.8 Å². The summed E-state index contributed by atoms with van der Waals surface area (Å²) in [6, 6.07) is 5.90. The quantitative estimate of drug-likeness (QED) is 0.600. The third-order valence-electron chi connectivity index (χ3n) is 4.36. The zero-order chi connectivity index (χ0) is 18.4. The lowest BCUT2D eigenvalue weighted by atomic mass is 9.97. The molecule has 8 nitrogen and oxygen atoms in total. The second-order valence-electron chi connectivity index (χ2n) is 6.13. The lowest BCUT2D eigenvalue weighted by Gasteiger charge is -2.32. The highest BCUT2D eigenvalue weighted by Crippen LogP contribution is 2.27. The van der Waals surface area contributed by atoms with Crippen LogP contribution in [0.3, 0.4) is 0 Å². The molecule has 1 aliphatic rings. The zero-order valence-electron chi connectivity index (χ0n) is 14.5. The Morgan fingerprint density at radius 2 is 2.00 bits per heavy atom. The van der Waals surface area contributed by atoms with Crippen LogP contribution in [0.1, 0.15) is 25.8 Å². The number of amides is 5. The first-order valence-electron chi connectivity index (χ1n) is 8.40. The Hall–Kier alpha value is -2.77. The number of carbonyl (C=O) groups is 3. The highest BCUT2D eigenvalue weighted by Gasteiger charge is 2.36. The molecule has 0 aromatic heterocycles. The Morgan fingerprint density at radius 3 is 2.68 bits per heavy atom. The van der Waals surface area contributed by atoms with Crippen molar-refractivity contribution in [1.82, 2.24) is 15.5 Å². The zero-order valence-corrected chi connectivity index (χ0v) is 14.5. The molecule has 1 aromatic carbocycles. The van der Waals surface area contributed by atoms with E-state index in [-0.39, 0.29) is 30.9 Å². The van der Waals surface area contributed by atoms with Gasteiger partial charge in [0.05, 0.1) is 6.54 Å². The summed E-state index contributed by atoms with van der Waals surface area (Å²) in [4.78, 5) is 37.6. The van der Waals surface area contributed by atoms with Gasteiger partial charge < -0.3 is 26.6 Å². The van der Waals surface area contributed by atoms with Gasteiger partial charge in [-0.1, -0.05) is 38.5 Å². The molecule has 1 heterocycles. The first-order valence-corrected chi connectivity index (χ1v) is 8.40. The van der Waals surface area contributed by atoms with Gasteiger partial charge >= 0.3 is 12.1 Å². The molecular formula is C17H25N5O3. The highest BCUT2D eigenvalue weighted by molar-refractivity contribution is 5.98. The van der Waals surface area contributed by atoms with E-state index in [1.54, 1.807) is 4.90 Å². The molecule has 1 aliphatic heterocycles. The Bertz CT molecular complexity index is 649. The molecule has 0 aliphatic carbocycles. The second-order valence-corrected chi connectivity index (χ2v) is 6.13. The van der Waals surface area contributed by atoms with E-state index in [1.165, 1.54) is 0 Å². The third kappa shape index (κ3) is 4.62. The van der Waals surface area contributed by atoms with Crippen molar-refractivity contribution in [2.75, 3.05) is 18.4 Å². The first kappa shape index (κ1) is 18.6. The number of benzene rings is 1. The van der Waals surface area contributed by atoms with Crippen molar-refractivity contribution >= 4 is 23.7 Å². The van der Waals surface area contributed by atoms with Crippen molar-refractivity contribution in [2.24, 2.45) is 11.7 Å². The van der Waals surface area contributed by atoms with Gasteiger partial charge in [-0.3, -0.25) is 4.79 Å². The second kappa shape index (κ2) is 8.36. The number of primary amides is 1. The SMILES string of the molecule is CCC(C)C1C(=O)Nc2ccccc2CN1C(=O)NCCNC(N)=O. The average molecular weight is 347 g/mol. The fourth-order valence-corrected chi connectivity index (χ4v) is 2.85. The molecular weight excluding hydrogens is 322 g/mol. The number of nitrogens with zero attached hydrogens (tertiary/aromatic N) is 1. The number of urea groups is 2. The predicted molar refractivity (Wildman–Crippen MR) is 94.8 cm³/mol. The molecule has 0 fully saturated rings. The summed E-state index contributed by atoms with van der Waals surface area (Å²) >= 11 is 0. The molecule has 8 heteroatoms. The van der Waals surface area contributed by atoms with Crippen molar-refractivity contribution in [3.8, 4) is 0 Å². The molecule has 0 saturated carbocycles. The standard InChI is InChI=1S/C17H25N5O3/c1-3-11(2)14-15(23)21-13-7-5-4-6-12(13)10-22(14)17(25)20-9-8-19-16(18)24/h4-7,11,14H,3,8-10H2,1-2H3,(H,20,25)(H,21,23)(H3,18,19,24). The molecule has 0 radical (unpaired) electrons.